The van der Waals surface area contributed by atoms with Crippen LogP contribution in [0.15, 0.2) is 0 Å². The molecule has 12 heavy (non-hydrogen) atoms. The standard InChI is InChI=1S/C10H18O2/c11-10(7-9-8-12-9)5-3-1-2-4-6-10/h9,11H,1-8H2. The molecule has 2 aliphatic rings. The zero-order valence-corrected chi connectivity index (χ0v) is 7.59. The van der Waals surface area contributed by atoms with Crippen LogP contribution in [0.4, 0.5) is 0 Å². The number of aliphatic hydroxyl groups is 1. The van der Waals surface area contributed by atoms with Gasteiger partial charge in [-0.05, 0) is 12.8 Å². The quantitative estimate of drug-likeness (QED) is 0.507. The topological polar surface area (TPSA) is 32.8 Å². The van der Waals surface area contributed by atoms with Crippen molar-refractivity contribution in [3.8, 4) is 0 Å². The highest BCUT2D eigenvalue weighted by Gasteiger charge is 2.36. The van der Waals surface area contributed by atoms with Crippen molar-refractivity contribution >= 4 is 0 Å². The van der Waals surface area contributed by atoms with Gasteiger partial charge in [0.25, 0.3) is 0 Å². The lowest BCUT2D eigenvalue weighted by molar-refractivity contribution is 0.00982. The lowest BCUT2D eigenvalue weighted by Crippen LogP contribution is -2.29. The summed E-state index contributed by atoms with van der Waals surface area (Å²) in [5.41, 5.74) is -0.377. The molecule has 2 heteroatoms. The minimum absolute atomic E-state index is 0.377. The second kappa shape index (κ2) is 3.35. The second-order valence-electron chi connectivity index (χ2n) is 4.30. The minimum atomic E-state index is -0.377. The normalized spacial score (nSPS) is 34.2. The third-order valence-electron chi connectivity index (χ3n) is 3.04. The highest BCUT2D eigenvalue weighted by Crippen LogP contribution is 2.33. The fraction of sp³-hybridized carbons (Fsp3) is 1.00. The predicted molar refractivity (Wildman–Crippen MR) is 47.0 cm³/mol. The summed E-state index contributed by atoms with van der Waals surface area (Å²) < 4.78 is 5.16. The van der Waals surface area contributed by atoms with Crippen LogP contribution >= 0.6 is 0 Å². The van der Waals surface area contributed by atoms with Gasteiger partial charge in [0, 0.05) is 6.42 Å². The summed E-state index contributed by atoms with van der Waals surface area (Å²) in [6.45, 7) is 0.877. The van der Waals surface area contributed by atoms with Gasteiger partial charge in [-0.25, -0.2) is 0 Å². The van der Waals surface area contributed by atoms with Crippen LogP contribution in [-0.4, -0.2) is 23.4 Å². The maximum absolute atomic E-state index is 10.2. The van der Waals surface area contributed by atoms with E-state index >= 15 is 0 Å². The molecular weight excluding hydrogens is 152 g/mol. The van der Waals surface area contributed by atoms with E-state index in [2.05, 4.69) is 0 Å². The molecule has 1 heterocycles. The van der Waals surface area contributed by atoms with E-state index in [1.54, 1.807) is 0 Å². The number of hydrogen-bond acceptors (Lipinski definition) is 2. The molecule has 0 amide bonds. The van der Waals surface area contributed by atoms with Gasteiger partial charge in [0.05, 0.1) is 18.3 Å². The third kappa shape index (κ3) is 2.20. The van der Waals surface area contributed by atoms with Crippen molar-refractivity contribution in [2.45, 2.75) is 56.7 Å². The van der Waals surface area contributed by atoms with Crippen molar-refractivity contribution in [1.29, 1.82) is 0 Å². The van der Waals surface area contributed by atoms with Crippen molar-refractivity contribution in [1.82, 2.24) is 0 Å². The first kappa shape index (κ1) is 8.52. The molecule has 2 rings (SSSR count). The molecule has 2 fully saturated rings. The molecule has 0 aromatic heterocycles. The summed E-state index contributed by atoms with van der Waals surface area (Å²) >= 11 is 0. The lowest BCUT2D eigenvalue weighted by Gasteiger charge is -2.25. The molecule has 1 aliphatic heterocycles. The van der Waals surface area contributed by atoms with Crippen LogP contribution in [0, 0.1) is 0 Å². The zero-order valence-electron chi connectivity index (χ0n) is 7.59. The Morgan fingerprint density at radius 2 is 1.75 bits per heavy atom. The Morgan fingerprint density at radius 1 is 1.17 bits per heavy atom. The van der Waals surface area contributed by atoms with Crippen LogP contribution in [-0.2, 0) is 4.74 Å². The van der Waals surface area contributed by atoms with Crippen LogP contribution in [0.25, 0.3) is 0 Å². The van der Waals surface area contributed by atoms with E-state index in [0.29, 0.717) is 6.10 Å². The number of epoxide rings is 1. The summed E-state index contributed by atoms with van der Waals surface area (Å²) in [5, 5.41) is 10.2. The lowest BCUT2D eigenvalue weighted by atomic mass is 9.90. The summed E-state index contributed by atoms with van der Waals surface area (Å²) in [6, 6.07) is 0. The van der Waals surface area contributed by atoms with Crippen molar-refractivity contribution in [3.05, 3.63) is 0 Å². The first-order valence-corrected chi connectivity index (χ1v) is 5.13. The molecule has 0 aromatic carbocycles. The van der Waals surface area contributed by atoms with Gasteiger partial charge < -0.3 is 9.84 Å². The molecule has 2 nitrogen and oxygen atoms in total. The summed E-state index contributed by atoms with van der Waals surface area (Å²) in [5.74, 6) is 0. The molecule has 0 bridgehead atoms. The molecule has 1 unspecified atom stereocenters. The van der Waals surface area contributed by atoms with Crippen molar-refractivity contribution in [2.24, 2.45) is 0 Å². The van der Waals surface area contributed by atoms with Crippen LogP contribution in [0.5, 0.6) is 0 Å². The highest BCUT2D eigenvalue weighted by atomic mass is 16.6. The fourth-order valence-corrected chi connectivity index (χ4v) is 2.20. The average molecular weight is 170 g/mol. The minimum Gasteiger partial charge on any atom is -0.390 e. The van der Waals surface area contributed by atoms with Gasteiger partial charge >= 0.3 is 0 Å². The Balaban J connectivity index is 1.86. The SMILES string of the molecule is OC1(CC2CO2)CCCCCC1. The Kier molecular flexibility index (Phi) is 2.37. The van der Waals surface area contributed by atoms with E-state index in [-0.39, 0.29) is 5.60 Å². The molecule has 0 radical (unpaired) electrons. The van der Waals surface area contributed by atoms with Crippen LogP contribution in [0.3, 0.4) is 0 Å². The van der Waals surface area contributed by atoms with Gasteiger partial charge in [-0.1, -0.05) is 25.7 Å². The van der Waals surface area contributed by atoms with Crippen molar-refractivity contribution < 1.29 is 9.84 Å². The average Bonchev–Trinajstić information content (AvgIpc) is 2.80. The van der Waals surface area contributed by atoms with E-state index in [1.807, 2.05) is 0 Å². The second-order valence-corrected chi connectivity index (χ2v) is 4.30. The Bertz CT molecular complexity index is 144. The van der Waals surface area contributed by atoms with E-state index in [9.17, 15) is 5.11 Å². The van der Waals surface area contributed by atoms with Crippen LogP contribution in [0.1, 0.15) is 44.9 Å². The smallest absolute Gasteiger partial charge is 0.0837 e. The van der Waals surface area contributed by atoms with Gasteiger partial charge in [0.1, 0.15) is 0 Å². The number of ether oxygens (including phenoxy) is 1. The number of rotatable bonds is 2. The van der Waals surface area contributed by atoms with E-state index in [0.717, 1.165) is 25.9 Å². The number of hydrogen-bond donors (Lipinski definition) is 1. The third-order valence-corrected chi connectivity index (χ3v) is 3.04. The van der Waals surface area contributed by atoms with Gasteiger partial charge in [-0.15, -0.1) is 0 Å². The van der Waals surface area contributed by atoms with Crippen LogP contribution < -0.4 is 0 Å². The maximum Gasteiger partial charge on any atom is 0.0837 e. The van der Waals surface area contributed by atoms with E-state index < -0.39 is 0 Å². The molecule has 70 valence electrons. The zero-order chi connectivity index (χ0) is 8.44. The van der Waals surface area contributed by atoms with Gasteiger partial charge in [0.2, 0.25) is 0 Å². The van der Waals surface area contributed by atoms with Crippen molar-refractivity contribution in [2.75, 3.05) is 6.61 Å². The maximum atomic E-state index is 10.2. The predicted octanol–water partition coefficient (Wildman–Crippen LogP) is 1.86. The molecule has 1 saturated carbocycles. The Labute approximate surface area is 73.9 Å². The summed E-state index contributed by atoms with van der Waals surface area (Å²) in [4.78, 5) is 0. The molecule has 1 N–H and O–H groups in total. The summed E-state index contributed by atoms with van der Waals surface area (Å²) in [7, 11) is 0. The van der Waals surface area contributed by atoms with Crippen LogP contribution in [0.2, 0.25) is 0 Å². The monoisotopic (exact) mass is 170 g/mol. The first-order valence-electron chi connectivity index (χ1n) is 5.13. The molecular formula is C10H18O2. The van der Waals surface area contributed by atoms with E-state index in [4.69, 9.17) is 4.74 Å². The highest BCUT2D eigenvalue weighted by molar-refractivity contribution is 4.87. The van der Waals surface area contributed by atoms with Gasteiger partial charge in [-0.2, -0.15) is 0 Å². The fourth-order valence-electron chi connectivity index (χ4n) is 2.20. The molecule has 1 saturated heterocycles. The summed E-state index contributed by atoms with van der Waals surface area (Å²) in [6.07, 6.45) is 8.24. The van der Waals surface area contributed by atoms with Crippen molar-refractivity contribution in [3.63, 3.8) is 0 Å². The molecule has 1 atom stereocenters. The van der Waals surface area contributed by atoms with Gasteiger partial charge in [-0.3, -0.25) is 0 Å². The first-order chi connectivity index (χ1) is 5.79. The molecule has 1 aliphatic carbocycles. The largest absolute Gasteiger partial charge is 0.390 e. The Hall–Kier alpha value is -0.0800. The van der Waals surface area contributed by atoms with Gasteiger partial charge in [0.15, 0.2) is 0 Å². The van der Waals surface area contributed by atoms with E-state index in [1.165, 1.54) is 25.7 Å². The molecule has 0 spiro atoms. The Morgan fingerprint density at radius 3 is 2.25 bits per heavy atom. The molecule has 0 aromatic rings.